The van der Waals surface area contributed by atoms with Gasteiger partial charge in [0, 0.05) is 25.2 Å². The number of nitrogens with one attached hydrogen (secondary N) is 2. The topological polar surface area (TPSA) is 94.5 Å². The van der Waals surface area contributed by atoms with Gasteiger partial charge in [0.15, 0.2) is 0 Å². The van der Waals surface area contributed by atoms with E-state index in [9.17, 15) is 15.0 Å². The van der Waals surface area contributed by atoms with Gasteiger partial charge in [-0.1, -0.05) is 26.8 Å². The number of unbranched alkanes of at least 4 members (excludes halogenated alkanes) is 1. The Morgan fingerprint density at radius 3 is 2.60 bits per heavy atom. The smallest absolute Gasteiger partial charge is 0.303 e. The molecule has 0 aromatic carbocycles. The fraction of sp³-hybridized carbons (Fsp3) is 0.824. The molecule has 4 saturated carbocycles. The summed E-state index contributed by atoms with van der Waals surface area (Å²) in [6.45, 7) is 10.3. The summed E-state index contributed by atoms with van der Waals surface area (Å²) in [6, 6.07) is 6.65. The van der Waals surface area contributed by atoms with Crippen molar-refractivity contribution in [1.82, 2.24) is 15.6 Å². The fourth-order valence-electron chi connectivity index (χ4n) is 10.3. The number of carboxylic acid groups (broad SMARTS) is 1. The summed E-state index contributed by atoms with van der Waals surface area (Å²) in [4.78, 5) is 15.6. The normalized spacial score (nSPS) is 39.6. The summed E-state index contributed by atoms with van der Waals surface area (Å²) in [5, 5.41) is 28.3. The molecule has 1 aromatic rings. The maximum Gasteiger partial charge on any atom is 0.303 e. The molecule has 224 valence electrons. The van der Waals surface area contributed by atoms with Crippen molar-refractivity contribution >= 4 is 5.97 Å². The Hall–Kier alpha value is -1.50. The Morgan fingerprint density at radius 1 is 1.05 bits per heavy atom. The van der Waals surface area contributed by atoms with Crippen LogP contribution in [-0.4, -0.2) is 46.4 Å². The summed E-state index contributed by atoms with van der Waals surface area (Å²) < 4.78 is 0. The largest absolute Gasteiger partial charge is 0.481 e. The second kappa shape index (κ2) is 12.8. The molecule has 0 bridgehead atoms. The SMILES string of the molecule is CC(CCC(=O)O)[C@H]1CCC2C3C(CC[C@@]21C)[C@@]1(C)CC[C@@H](NCCCCNCc2ccccn2)C[C@H]1C[C@H]3O. The molecule has 40 heavy (non-hydrogen) atoms. The minimum absolute atomic E-state index is 0.176. The number of pyridine rings is 1. The van der Waals surface area contributed by atoms with Gasteiger partial charge in [-0.2, -0.15) is 0 Å². The van der Waals surface area contributed by atoms with E-state index < -0.39 is 5.97 Å². The summed E-state index contributed by atoms with van der Waals surface area (Å²) in [7, 11) is 0. The van der Waals surface area contributed by atoms with Gasteiger partial charge < -0.3 is 20.8 Å². The lowest BCUT2D eigenvalue weighted by molar-refractivity contribution is -0.167. The molecule has 0 radical (unpaired) electrons. The molecule has 0 saturated heterocycles. The molecule has 4 fully saturated rings. The van der Waals surface area contributed by atoms with Gasteiger partial charge in [-0.05, 0) is 142 Å². The lowest BCUT2D eigenvalue weighted by Crippen LogP contribution is -2.59. The molecule has 0 amide bonds. The van der Waals surface area contributed by atoms with Crippen LogP contribution >= 0.6 is 0 Å². The van der Waals surface area contributed by atoms with Crippen molar-refractivity contribution < 1.29 is 15.0 Å². The first-order valence-corrected chi connectivity index (χ1v) is 16.5. The molecule has 6 nitrogen and oxygen atoms in total. The van der Waals surface area contributed by atoms with Crippen LogP contribution in [0, 0.1) is 46.3 Å². The highest BCUT2D eigenvalue weighted by Gasteiger charge is 2.62. The zero-order chi connectivity index (χ0) is 28.3. The van der Waals surface area contributed by atoms with E-state index in [0.717, 1.165) is 38.2 Å². The molecule has 0 aliphatic heterocycles. The van der Waals surface area contributed by atoms with Crippen LogP contribution in [-0.2, 0) is 11.3 Å². The van der Waals surface area contributed by atoms with Crippen molar-refractivity contribution in [3.63, 3.8) is 0 Å². The molecule has 1 heterocycles. The second-order valence-corrected chi connectivity index (χ2v) is 14.6. The summed E-state index contributed by atoms with van der Waals surface area (Å²) in [5.41, 5.74) is 1.71. The summed E-state index contributed by atoms with van der Waals surface area (Å²) in [5.74, 6) is 2.66. The van der Waals surface area contributed by atoms with Gasteiger partial charge in [-0.15, -0.1) is 0 Å². The number of aliphatic hydroxyl groups excluding tert-OH is 1. The van der Waals surface area contributed by atoms with Gasteiger partial charge in [0.1, 0.15) is 0 Å². The average Bonchev–Trinajstić information content (AvgIpc) is 3.29. The van der Waals surface area contributed by atoms with Crippen LogP contribution < -0.4 is 10.6 Å². The first-order valence-electron chi connectivity index (χ1n) is 16.5. The quantitative estimate of drug-likeness (QED) is 0.236. The van der Waals surface area contributed by atoms with E-state index in [2.05, 4.69) is 42.5 Å². The maximum atomic E-state index is 11.7. The number of carboxylic acids is 1. The zero-order valence-electron chi connectivity index (χ0n) is 25.3. The highest BCUT2D eigenvalue weighted by molar-refractivity contribution is 5.66. The molecule has 6 heteroatoms. The average molecular weight is 554 g/mol. The van der Waals surface area contributed by atoms with Crippen molar-refractivity contribution in [2.75, 3.05) is 13.1 Å². The van der Waals surface area contributed by atoms with Crippen LogP contribution in [0.5, 0.6) is 0 Å². The van der Waals surface area contributed by atoms with Gasteiger partial charge in [-0.3, -0.25) is 9.78 Å². The molecule has 4 aliphatic rings. The molecular formula is C34H55N3O3. The van der Waals surface area contributed by atoms with E-state index in [-0.39, 0.29) is 17.9 Å². The molecule has 4 unspecified atom stereocenters. The number of fused-ring (bicyclic) bond motifs is 5. The number of aliphatic hydroxyl groups is 1. The van der Waals surface area contributed by atoms with Crippen LogP contribution in [0.25, 0.3) is 0 Å². The zero-order valence-corrected chi connectivity index (χ0v) is 25.3. The third-order valence-corrected chi connectivity index (χ3v) is 12.5. The Kier molecular flexibility index (Phi) is 9.58. The van der Waals surface area contributed by atoms with Crippen LogP contribution in [0.4, 0.5) is 0 Å². The van der Waals surface area contributed by atoms with E-state index >= 15 is 0 Å². The second-order valence-electron chi connectivity index (χ2n) is 14.6. The summed E-state index contributed by atoms with van der Waals surface area (Å²) >= 11 is 0. The predicted octanol–water partition coefficient (Wildman–Crippen LogP) is 6.04. The fourth-order valence-corrected chi connectivity index (χ4v) is 10.3. The Morgan fingerprint density at radius 2 is 1.82 bits per heavy atom. The monoisotopic (exact) mass is 553 g/mol. The highest BCUT2D eigenvalue weighted by Crippen LogP contribution is 2.68. The Balaban J connectivity index is 1.10. The van der Waals surface area contributed by atoms with Crippen molar-refractivity contribution in [3.8, 4) is 0 Å². The van der Waals surface area contributed by atoms with Crippen molar-refractivity contribution in [2.45, 2.75) is 117 Å². The van der Waals surface area contributed by atoms with Crippen LogP contribution in [0.3, 0.4) is 0 Å². The summed E-state index contributed by atoms with van der Waals surface area (Å²) in [6.07, 6.45) is 14.8. The Labute approximate surface area is 242 Å². The van der Waals surface area contributed by atoms with Crippen molar-refractivity contribution in [3.05, 3.63) is 30.1 Å². The Bertz CT molecular complexity index is 974. The number of carbonyl (C=O) groups is 1. The lowest BCUT2D eigenvalue weighted by Gasteiger charge is -2.62. The molecule has 4 aliphatic carbocycles. The van der Waals surface area contributed by atoms with Crippen molar-refractivity contribution in [2.24, 2.45) is 46.3 Å². The molecule has 1 aromatic heterocycles. The van der Waals surface area contributed by atoms with Gasteiger partial charge in [-0.25, -0.2) is 0 Å². The van der Waals surface area contributed by atoms with E-state index in [1.54, 1.807) is 0 Å². The predicted molar refractivity (Wildman–Crippen MR) is 160 cm³/mol. The number of hydrogen-bond acceptors (Lipinski definition) is 5. The van der Waals surface area contributed by atoms with Gasteiger partial charge in [0.05, 0.1) is 11.8 Å². The van der Waals surface area contributed by atoms with E-state index in [1.807, 2.05) is 18.3 Å². The first kappa shape index (κ1) is 30.0. The van der Waals surface area contributed by atoms with Crippen LogP contribution in [0.15, 0.2) is 24.4 Å². The van der Waals surface area contributed by atoms with Crippen LogP contribution in [0.1, 0.15) is 104 Å². The lowest BCUT2D eigenvalue weighted by atomic mass is 9.43. The number of aromatic nitrogens is 1. The molecule has 0 spiro atoms. The van der Waals surface area contributed by atoms with E-state index in [0.29, 0.717) is 47.0 Å². The number of rotatable bonds is 12. The maximum absolute atomic E-state index is 11.7. The number of aliphatic carboxylic acids is 1. The highest BCUT2D eigenvalue weighted by atomic mass is 16.4. The third kappa shape index (κ3) is 6.15. The molecular weight excluding hydrogens is 498 g/mol. The van der Waals surface area contributed by atoms with Gasteiger partial charge >= 0.3 is 5.97 Å². The van der Waals surface area contributed by atoms with Gasteiger partial charge in [0.2, 0.25) is 0 Å². The standard InChI is InChI=1S/C34H55N3O3/c1-23(9-12-31(39)40)27-10-11-28-32-29(14-16-34(27,28)3)33(2)15-13-25(20-24(33)21-30(32)38)36-19-7-6-17-35-22-26-8-4-5-18-37-26/h4-5,8,18,23-25,27-30,32,35-36,38H,6-7,9-17,19-22H2,1-3H3,(H,39,40)/t23?,24-,25+,27+,28?,29?,30+,32?,33-,34+/m0/s1. The first-order chi connectivity index (χ1) is 19.2. The number of nitrogens with zero attached hydrogens (tertiary/aromatic N) is 1. The third-order valence-electron chi connectivity index (χ3n) is 12.5. The minimum atomic E-state index is -0.671. The molecule has 5 rings (SSSR count). The minimum Gasteiger partial charge on any atom is -0.481 e. The molecule has 4 N–H and O–H groups in total. The van der Waals surface area contributed by atoms with E-state index in [4.69, 9.17) is 0 Å². The number of hydrogen-bond donors (Lipinski definition) is 4. The van der Waals surface area contributed by atoms with Crippen LogP contribution in [0.2, 0.25) is 0 Å². The van der Waals surface area contributed by atoms with Gasteiger partial charge in [0.25, 0.3) is 0 Å². The van der Waals surface area contributed by atoms with Crippen molar-refractivity contribution in [1.29, 1.82) is 0 Å². The van der Waals surface area contributed by atoms with E-state index in [1.165, 1.54) is 57.8 Å². The molecule has 10 atom stereocenters.